The second kappa shape index (κ2) is 5.54. The molecule has 0 radical (unpaired) electrons. The van der Waals surface area contributed by atoms with Crippen molar-refractivity contribution in [3.05, 3.63) is 34.3 Å². The van der Waals surface area contributed by atoms with Crippen molar-refractivity contribution in [3.63, 3.8) is 0 Å². The molecule has 0 spiro atoms. The van der Waals surface area contributed by atoms with Gasteiger partial charge in [-0.05, 0) is 36.5 Å². The molecule has 0 bridgehead atoms. The minimum Gasteiger partial charge on any atom is -0.319 e. The van der Waals surface area contributed by atoms with E-state index in [2.05, 4.69) is 22.9 Å². The molecular formula is C15H20BrNO. The van der Waals surface area contributed by atoms with Crippen molar-refractivity contribution in [2.24, 2.45) is 11.7 Å². The summed E-state index contributed by atoms with van der Waals surface area (Å²) < 4.78 is 1.01. The number of rotatable bonds is 3. The average molecular weight is 310 g/mol. The van der Waals surface area contributed by atoms with Crippen LogP contribution in [0.4, 0.5) is 0 Å². The number of benzene rings is 1. The molecule has 0 saturated heterocycles. The number of hydrogen-bond donors (Lipinski definition) is 1. The molecule has 2 rings (SSSR count). The van der Waals surface area contributed by atoms with Crippen LogP contribution in [-0.2, 0) is 11.2 Å². The molecule has 1 fully saturated rings. The maximum absolute atomic E-state index is 12.4. The highest BCUT2D eigenvalue weighted by Crippen LogP contribution is 2.31. The summed E-state index contributed by atoms with van der Waals surface area (Å²) in [5.74, 6) is 0.752. The molecule has 2 N–H and O–H groups in total. The molecule has 1 aliphatic rings. The van der Waals surface area contributed by atoms with Crippen LogP contribution in [0.25, 0.3) is 0 Å². The molecule has 0 heterocycles. The van der Waals surface area contributed by atoms with Gasteiger partial charge < -0.3 is 5.73 Å². The topological polar surface area (TPSA) is 43.1 Å². The van der Waals surface area contributed by atoms with E-state index in [0.717, 1.165) is 29.3 Å². The third-order valence-electron chi connectivity index (χ3n) is 3.84. The summed E-state index contributed by atoms with van der Waals surface area (Å²) in [7, 11) is 0. The fourth-order valence-electron chi connectivity index (χ4n) is 2.85. The maximum Gasteiger partial charge on any atom is 0.157 e. The molecule has 3 heteroatoms. The Hall–Kier alpha value is -0.670. The van der Waals surface area contributed by atoms with Gasteiger partial charge >= 0.3 is 0 Å². The molecule has 0 aliphatic heterocycles. The van der Waals surface area contributed by atoms with Crippen LogP contribution >= 0.6 is 15.9 Å². The molecule has 1 aromatic carbocycles. The van der Waals surface area contributed by atoms with Crippen LogP contribution in [-0.4, -0.2) is 11.3 Å². The van der Waals surface area contributed by atoms with Gasteiger partial charge in [0.2, 0.25) is 0 Å². The zero-order valence-corrected chi connectivity index (χ0v) is 12.4. The number of carbonyl (C=O) groups is 1. The standard InChI is InChI=1S/C15H20BrNO/c1-11-4-3-7-15(17,10-11)14(18)9-12-5-2-6-13(16)8-12/h2,5-6,8,11H,3-4,7,9-10,17H2,1H3. The van der Waals surface area contributed by atoms with E-state index >= 15 is 0 Å². The Balaban J connectivity index is 2.07. The molecule has 1 aliphatic carbocycles. The zero-order chi connectivity index (χ0) is 13.2. The molecule has 2 nitrogen and oxygen atoms in total. The fraction of sp³-hybridized carbons (Fsp3) is 0.533. The van der Waals surface area contributed by atoms with Gasteiger partial charge in [-0.3, -0.25) is 4.79 Å². The van der Waals surface area contributed by atoms with Crippen LogP contribution in [0, 0.1) is 5.92 Å². The number of carbonyl (C=O) groups excluding carboxylic acids is 1. The summed E-state index contributed by atoms with van der Waals surface area (Å²) in [6.07, 6.45) is 4.39. The second-order valence-electron chi connectivity index (χ2n) is 5.59. The normalized spacial score (nSPS) is 28.1. The summed E-state index contributed by atoms with van der Waals surface area (Å²) in [6, 6.07) is 7.90. The summed E-state index contributed by atoms with van der Waals surface area (Å²) in [5.41, 5.74) is 6.76. The summed E-state index contributed by atoms with van der Waals surface area (Å²) >= 11 is 3.43. The van der Waals surface area contributed by atoms with E-state index in [-0.39, 0.29) is 5.78 Å². The van der Waals surface area contributed by atoms with E-state index in [4.69, 9.17) is 5.73 Å². The van der Waals surface area contributed by atoms with Crippen LogP contribution in [0.2, 0.25) is 0 Å². The lowest BCUT2D eigenvalue weighted by molar-refractivity contribution is -0.125. The molecule has 18 heavy (non-hydrogen) atoms. The van der Waals surface area contributed by atoms with Crippen molar-refractivity contribution in [1.29, 1.82) is 0 Å². The molecule has 2 unspecified atom stereocenters. The first kappa shape index (κ1) is 13.8. The quantitative estimate of drug-likeness (QED) is 0.929. The molecule has 0 aromatic heterocycles. The Kier molecular flexibility index (Phi) is 4.23. The number of Topliss-reactive ketones (excluding diaryl/α,β-unsaturated/α-hetero) is 1. The third-order valence-corrected chi connectivity index (χ3v) is 4.33. The van der Waals surface area contributed by atoms with Crippen LogP contribution in [0.15, 0.2) is 28.7 Å². The maximum atomic E-state index is 12.4. The van der Waals surface area contributed by atoms with Crippen molar-refractivity contribution >= 4 is 21.7 Å². The van der Waals surface area contributed by atoms with Crippen molar-refractivity contribution in [2.45, 2.75) is 44.6 Å². The van der Waals surface area contributed by atoms with E-state index in [1.165, 1.54) is 6.42 Å². The van der Waals surface area contributed by atoms with Crippen LogP contribution < -0.4 is 5.73 Å². The highest BCUT2D eigenvalue weighted by molar-refractivity contribution is 9.10. The molecule has 0 amide bonds. The first-order chi connectivity index (χ1) is 8.49. The van der Waals surface area contributed by atoms with Gasteiger partial charge in [0.05, 0.1) is 5.54 Å². The highest BCUT2D eigenvalue weighted by Gasteiger charge is 2.37. The van der Waals surface area contributed by atoms with Crippen molar-refractivity contribution in [1.82, 2.24) is 0 Å². The lowest BCUT2D eigenvalue weighted by atomic mass is 9.73. The predicted octanol–water partition coefficient (Wildman–Crippen LogP) is 3.47. The van der Waals surface area contributed by atoms with Crippen LogP contribution in [0.1, 0.15) is 38.2 Å². The van der Waals surface area contributed by atoms with Crippen molar-refractivity contribution in [3.8, 4) is 0 Å². The van der Waals surface area contributed by atoms with Gasteiger partial charge in [-0.15, -0.1) is 0 Å². The van der Waals surface area contributed by atoms with Crippen LogP contribution in [0.3, 0.4) is 0 Å². The Morgan fingerprint density at radius 2 is 2.33 bits per heavy atom. The Bertz CT molecular complexity index is 446. The van der Waals surface area contributed by atoms with E-state index in [0.29, 0.717) is 12.3 Å². The number of ketones is 1. The summed E-state index contributed by atoms with van der Waals surface area (Å²) in [5, 5.41) is 0. The fourth-order valence-corrected chi connectivity index (χ4v) is 3.30. The van der Waals surface area contributed by atoms with Gasteiger partial charge in [0, 0.05) is 10.9 Å². The number of halogens is 1. The first-order valence-corrected chi connectivity index (χ1v) is 7.35. The number of hydrogen-bond acceptors (Lipinski definition) is 2. The minimum atomic E-state index is -0.597. The van der Waals surface area contributed by atoms with E-state index < -0.39 is 5.54 Å². The number of nitrogens with two attached hydrogens (primary N) is 1. The molecular weight excluding hydrogens is 290 g/mol. The second-order valence-corrected chi connectivity index (χ2v) is 6.50. The Labute approximate surface area is 117 Å². The minimum absolute atomic E-state index is 0.187. The monoisotopic (exact) mass is 309 g/mol. The molecule has 98 valence electrons. The SMILES string of the molecule is CC1CCCC(N)(C(=O)Cc2cccc(Br)c2)C1. The van der Waals surface area contributed by atoms with Gasteiger partial charge in [-0.25, -0.2) is 0 Å². The lowest BCUT2D eigenvalue weighted by Gasteiger charge is -2.35. The summed E-state index contributed by atoms with van der Waals surface area (Å²) in [4.78, 5) is 12.4. The molecule has 1 saturated carbocycles. The first-order valence-electron chi connectivity index (χ1n) is 6.56. The van der Waals surface area contributed by atoms with Gasteiger partial charge in [0.25, 0.3) is 0 Å². The largest absolute Gasteiger partial charge is 0.319 e. The average Bonchev–Trinajstić information content (AvgIpc) is 2.28. The van der Waals surface area contributed by atoms with Crippen molar-refractivity contribution in [2.75, 3.05) is 0 Å². The van der Waals surface area contributed by atoms with E-state index in [1.807, 2.05) is 24.3 Å². The summed E-state index contributed by atoms with van der Waals surface area (Å²) in [6.45, 7) is 2.19. The smallest absolute Gasteiger partial charge is 0.157 e. The van der Waals surface area contributed by atoms with Gasteiger partial charge in [-0.1, -0.05) is 47.8 Å². The molecule has 1 aromatic rings. The zero-order valence-electron chi connectivity index (χ0n) is 10.8. The Morgan fingerprint density at radius 1 is 1.56 bits per heavy atom. The Morgan fingerprint density at radius 3 is 3.00 bits per heavy atom. The predicted molar refractivity (Wildman–Crippen MR) is 77.4 cm³/mol. The van der Waals surface area contributed by atoms with Crippen molar-refractivity contribution < 1.29 is 4.79 Å². The van der Waals surface area contributed by atoms with Gasteiger partial charge in [0.15, 0.2) is 5.78 Å². The van der Waals surface area contributed by atoms with E-state index in [1.54, 1.807) is 0 Å². The lowest BCUT2D eigenvalue weighted by Crippen LogP contribution is -2.51. The van der Waals surface area contributed by atoms with Gasteiger partial charge in [-0.2, -0.15) is 0 Å². The van der Waals surface area contributed by atoms with Gasteiger partial charge in [0.1, 0.15) is 0 Å². The molecule has 2 atom stereocenters. The van der Waals surface area contributed by atoms with Crippen LogP contribution in [0.5, 0.6) is 0 Å². The highest BCUT2D eigenvalue weighted by atomic mass is 79.9. The van der Waals surface area contributed by atoms with E-state index in [9.17, 15) is 4.79 Å². The third kappa shape index (κ3) is 3.21.